The van der Waals surface area contributed by atoms with Gasteiger partial charge in [-0.1, -0.05) is 11.8 Å². The molecule has 2 aromatic rings. The molecule has 0 unspecified atom stereocenters. The molecule has 0 atom stereocenters. The summed E-state index contributed by atoms with van der Waals surface area (Å²) in [6, 6.07) is 7.10. The Balaban J connectivity index is 2.20. The molecule has 4 nitrogen and oxygen atoms in total. The van der Waals surface area contributed by atoms with Crippen molar-refractivity contribution in [2.45, 2.75) is 9.92 Å². The molecule has 2 rings (SSSR count). The fourth-order valence-corrected chi connectivity index (χ4v) is 2.04. The van der Waals surface area contributed by atoms with Crippen molar-refractivity contribution in [2.75, 3.05) is 7.11 Å². The number of pyridine rings is 2. The largest absolute Gasteiger partial charge is 0.465 e. The van der Waals surface area contributed by atoms with Crippen LogP contribution in [0.2, 0.25) is 0 Å². The first kappa shape index (κ1) is 11.6. The Morgan fingerprint density at radius 1 is 1.24 bits per heavy atom. The number of methoxy groups -OCH3 is 1. The molecule has 0 aromatic carbocycles. The summed E-state index contributed by atoms with van der Waals surface area (Å²) in [4.78, 5) is 20.5. The molecular weight excluding hydrogens is 236 g/mol. The third kappa shape index (κ3) is 3.04. The molecule has 0 radical (unpaired) electrons. The number of nitrogens with zero attached hydrogens (tertiary/aromatic N) is 2. The van der Waals surface area contributed by atoms with Crippen LogP contribution in [0.15, 0.2) is 52.8 Å². The molecule has 2 heterocycles. The molecule has 2 aromatic heterocycles. The van der Waals surface area contributed by atoms with Crippen LogP contribution in [0.3, 0.4) is 0 Å². The van der Waals surface area contributed by atoms with Gasteiger partial charge in [-0.25, -0.2) is 9.78 Å². The lowest BCUT2D eigenvalue weighted by atomic mass is 10.3. The van der Waals surface area contributed by atoms with E-state index in [0.717, 1.165) is 9.92 Å². The highest BCUT2D eigenvalue weighted by Crippen LogP contribution is 2.25. The molecule has 0 N–H and O–H groups in total. The van der Waals surface area contributed by atoms with Gasteiger partial charge < -0.3 is 4.74 Å². The van der Waals surface area contributed by atoms with Crippen LogP contribution < -0.4 is 0 Å². The minimum Gasteiger partial charge on any atom is -0.465 e. The molecule has 0 aliphatic heterocycles. The van der Waals surface area contributed by atoms with Gasteiger partial charge in [0.05, 0.1) is 12.7 Å². The minimum atomic E-state index is -0.357. The van der Waals surface area contributed by atoms with Crippen LogP contribution >= 0.6 is 11.8 Å². The van der Waals surface area contributed by atoms with E-state index in [1.807, 2.05) is 12.1 Å². The second-order valence-corrected chi connectivity index (χ2v) is 4.25. The highest BCUT2D eigenvalue weighted by atomic mass is 32.2. The van der Waals surface area contributed by atoms with Gasteiger partial charge >= 0.3 is 5.97 Å². The smallest absolute Gasteiger partial charge is 0.337 e. The highest BCUT2D eigenvalue weighted by Gasteiger charge is 2.07. The van der Waals surface area contributed by atoms with E-state index in [9.17, 15) is 4.79 Å². The molecule has 0 fully saturated rings. The molecule has 0 saturated heterocycles. The van der Waals surface area contributed by atoms with E-state index in [1.54, 1.807) is 30.7 Å². The summed E-state index contributed by atoms with van der Waals surface area (Å²) in [6.07, 6.45) is 5.02. The zero-order valence-corrected chi connectivity index (χ0v) is 9.98. The molecule has 0 amide bonds. The van der Waals surface area contributed by atoms with Crippen LogP contribution in [0.1, 0.15) is 10.4 Å². The quantitative estimate of drug-likeness (QED) is 0.778. The van der Waals surface area contributed by atoms with E-state index in [2.05, 4.69) is 14.7 Å². The molecule has 0 saturated carbocycles. The summed E-state index contributed by atoms with van der Waals surface area (Å²) in [6.45, 7) is 0. The van der Waals surface area contributed by atoms with Gasteiger partial charge in [-0.3, -0.25) is 4.98 Å². The third-order valence-corrected chi connectivity index (χ3v) is 2.97. The van der Waals surface area contributed by atoms with Gasteiger partial charge in [0.1, 0.15) is 5.03 Å². The van der Waals surface area contributed by atoms with E-state index < -0.39 is 0 Å². The fourth-order valence-electron chi connectivity index (χ4n) is 1.24. The van der Waals surface area contributed by atoms with Crippen LogP contribution in [-0.2, 0) is 4.74 Å². The van der Waals surface area contributed by atoms with Crippen molar-refractivity contribution in [3.05, 3.63) is 48.4 Å². The first-order valence-electron chi connectivity index (χ1n) is 4.92. The van der Waals surface area contributed by atoms with Crippen molar-refractivity contribution in [1.82, 2.24) is 9.97 Å². The SMILES string of the molecule is COC(=O)c1ccnc(Sc2ccncc2)c1. The van der Waals surface area contributed by atoms with E-state index in [1.165, 1.54) is 18.9 Å². The highest BCUT2D eigenvalue weighted by molar-refractivity contribution is 7.99. The Morgan fingerprint density at radius 3 is 2.71 bits per heavy atom. The Hall–Kier alpha value is -1.88. The van der Waals surface area contributed by atoms with Crippen molar-refractivity contribution in [2.24, 2.45) is 0 Å². The minimum absolute atomic E-state index is 0.357. The Bertz CT molecular complexity index is 517. The van der Waals surface area contributed by atoms with Crippen LogP contribution in [-0.4, -0.2) is 23.0 Å². The summed E-state index contributed by atoms with van der Waals surface area (Å²) in [5.41, 5.74) is 0.499. The lowest BCUT2D eigenvalue weighted by Gasteiger charge is -2.02. The van der Waals surface area contributed by atoms with Crippen LogP contribution in [0, 0.1) is 0 Å². The molecule has 0 bridgehead atoms. The van der Waals surface area contributed by atoms with Crippen molar-refractivity contribution in [3.63, 3.8) is 0 Å². The standard InChI is InChI=1S/C12H10N2O2S/c1-16-12(15)9-2-7-14-11(8-9)17-10-3-5-13-6-4-10/h2-8H,1H3. The molecule has 0 aliphatic carbocycles. The van der Waals surface area contributed by atoms with Gasteiger partial charge in [-0.05, 0) is 24.3 Å². The van der Waals surface area contributed by atoms with Crippen molar-refractivity contribution >= 4 is 17.7 Å². The second kappa shape index (κ2) is 5.45. The Labute approximate surface area is 103 Å². The maximum absolute atomic E-state index is 11.3. The number of rotatable bonds is 3. The normalized spacial score (nSPS) is 9.94. The number of ether oxygens (including phenoxy) is 1. The van der Waals surface area contributed by atoms with E-state index in [0.29, 0.717) is 5.56 Å². The van der Waals surface area contributed by atoms with Gasteiger partial charge in [-0.15, -0.1) is 0 Å². The summed E-state index contributed by atoms with van der Waals surface area (Å²) in [7, 11) is 1.36. The number of hydrogen-bond acceptors (Lipinski definition) is 5. The first-order chi connectivity index (χ1) is 8.29. The molecule has 17 heavy (non-hydrogen) atoms. The zero-order valence-electron chi connectivity index (χ0n) is 9.16. The van der Waals surface area contributed by atoms with Gasteiger partial charge in [0.15, 0.2) is 0 Å². The Kier molecular flexibility index (Phi) is 3.72. The fraction of sp³-hybridized carbons (Fsp3) is 0.0833. The lowest BCUT2D eigenvalue weighted by Crippen LogP contribution is -2.01. The summed E-state index contributed by atoms with van der Waals surface area (Å²) >= 11 is 1.47. The zero-order chi connectivity index (χ0) is 12.1. The molecular formula is C12H10N2O2S. The van der Waals surface area contributed by atoms with Crippen molar-refractivity contribution in [3.8, 4) is 0 Å². The first-order valence-corrected chi connectivity index (χ1v) is 5.73. The van der Waals surface area contributed by atoms with Gasteiger partial charge in [0.2, 0.25) is 0 Å². The van der Waals surface area contributed by atoms with E-state index >= 15 is 0 Å². The Morgan fingerprint density at radius 2 is 2.00 bits per heavy atom. The summed E-state index contributed by atoms with van der Waals surface area (Å²) < 4.78 is 4.66. The van der Waals surface area contributed by atoms with Crippen molar-refractivity contribution in [1.29, 1.82) is 0 Å². The van der Waals surface area contributed by atoms with Gasteiger partial charge in [-0.2, -0.15) is 0 Å². The van der Waals surface area contributed by atoms with E-state index in [4.69, 9.17) is 0 Å². The predicted octanol–water partition coefficient (Wildman–Crippen LogP) is 2.41. The molecule has 5 heteroatoms. The van der Waals surface area contributed by atoms with Crippen LogP contribution in [0.5, 0.6) is 0 Å². The van der Waals surface area contributed by atoms with Crippen LogP contribution in [0.25, 0.3) is 0 Å². The molecule has 0 aliphatic rings. The number of esters is 1. The molecule has 0 spiro atoms. The number of aromatic nitrogens is 2. The van der Waals surface area contributed by atoms with Gasteiger partial charge in [0, 0.05) is 23.5 Å². The summed E-state index contributed by atoms with van der Waals surface area (Å²) in [5.74, 6) is -0.357. The second-order valence-electron chi connectivity index (χ2n) is 3.16. The molecule has 86 valence electrons. The third-order valence-electron chi connectivity index (χ3n) is 2.03. The maximum atomic E-state index is 11.3. The monoisotopic (exact) mass is 246 g/mol. The predicted molar refractivity (Wildman–Crippen MR) is 63.9 cm³/mol. The topological polar surface area (TPSA) is 52.1 Å². The average molecular weight is 246 g/mol. The average Bonchev–Trinajstić information content (AvgIpc) is 2.39. The van der Waals surface area contributed by atoms with Gasteiger partial charge in [0.25, 0.3) is 0 Å². The van der Waals surface area contributed by atoms with Crippen LogP contribution in [0.4, 0.5) is 0 Å². The maximum Gasteiger partial charge on any atom is 0.337 e. The number of hydrogen-bond donors (Lipinski definition) is 0. The number of carbonyl (C=O) groups is 1. The lowest BCUT2D eigenvalue weighted by molar-refractivity contribution is 0.0600. The van der Waals surface area contributed by atoms with E-state index in [-0.39, 0.29) is 5.97 Å². The number of carbonyl (C=O) groups excluding carboxylic acids is 1. The summed E-state index contributed by atoms with van der Waals surface area (Å²) in [5, 5.41) is 0.749. The van der Waals surface area contributed by atoms with Crippen molar-refractivity contribution < 1.29 is 9.53 Å².